The van der Waals surface area contributed by atoms with Gasteiger partial charge >= 0.3 is 0 Å². The van der Waals surface area contributed by atoms with Gasteiger partial charge in [0.25, 0.3) is 0 Å². The van der Waals surface area contributed by atoms with E-state index in [2.05, 4.69) is 10.1 Å². The third-order valence-electron chi connectivity index (χ3n) is 1.92. The monoisotopic (exact) mass is 217 g/mol. The Balaban J connectivity index is 2.07. The third-order valence-corrected chi connectivity index (χ3v) is 2.63. The molecule has 1 aromatic heterocycles. The van der Waals surface area contributed by atoms with Crippen LogP contribution in [0.3, 0.4) is 0 Å². The van der Waals surface area contributed by atoms with Gasteiger partial charge in [-0.05, 0) is 12.1 Å². The fourth-order valence-electron chi connectivity index (χ4n) is 1.14. The van der Waals surface area contributed by atoms with Gasteiger partial charge in [-0.15, -0.1) is 11.3 Å². The van der Waals surface area contributed by atoms with Gasteiger partial charge in [0.05, 0.1) is 11.9 Å². The van der Waals surface area contributed by atoms with Crippen molar-refractivity contribution in [2.45, 2.75) is 0 Å². The van der Waals surface area contributed by atoms with Crippen LogP contribution in [0.5, 0.6) is 0 Å². The minimum absolute atomic E-state index is 0.915. The first-order valence-electron chi connectivity index (χ1n) is 4.58. The molecule has 1 aromatic carbocycles. The molecule has 2 aromatic rings. The highest BCUT2D eigenvalue weighted by Gasteiger charge is 1.95. The maximum atomic E-state index is 4.29. The summed E-state index contributed by atoms with van der Waals surface area (Å²) in [6.07, 6.45) is 3.53. The fourth-order valence-corrected chi connectivity index (χ4v) is 1.64. The maximum absolute atomic E-state index is 4.29. The molecule has 0 unspecified atom stereocenters. The predicted molar refractivity (Wildman–Crippen MR) is 64.6 cm³/mol. The molecule has 15 heavy (non-hydrogen) atoms. The van der Waals surface area contributed by atoms with Crippen molar-refractivity contribution in [3.05, 3.63) is 46.9 Å². The summed E-state index contributed by atoms with van der Waals surface area (Å²) in [6, 6.07) is 10.00. The molecule has 0 radical (unpaired) electrons. The van der Waals surface area contributed by atoms with Gasteiger partial charge in [0, 0.05) is 18.6 Å². The summed E-state index contributed by atoms with van der Waals surface area (Å²) in [5.41, 5.74) is 1.06. The largest absolute Gasteiger partial charge is 0.269 e. The number of hydrazone groups is 1. The van der Waals surface area contributed by atoms with E-state index >= 15 is 0 Å². The molecule has 0 N–H and O–H groups in total. The van der Waals surface area contributed by atoms with Crippen molar-refractivity contribution in [1.29, 1.82) is 0 Å². The topological polar surface area (TPSA) is 28.5 Å². The Hall–Kier alpha value is -1.68. The van der Waals surface area contributed by atoms with Crippen LogP contribution in [0.4, 0.5) is 5.69 Å². The zero-order valence-corrected chi connectivity index (χ0v) is 9.19. The number of para-hydroxylation sites is 1. The molecule has 0 atom stereocenters. The average Bonchev–Trinajstić information content (AvgIpc) is 2.80. The minimum atomic E-state index is 0.915. The fraction of sp³-hybridized carbons (Fsp3) is 0.0909. The Morgan fingerprint density at radius 2 is 2.13 bits per heavy atom. The SMILES string of the molecule is CN(/N=C/c1nccs1)c1ccccc1. The van der Waals surface area contributed by atoms with Gasteiger partial charge in [-0.25, -0.2) is 4.98 Å². The second-order valence-electron chi connectivity index (χ2n) is 2.97. The number of hydrogen-bond donors (Lipinski definition) is 0. The Morgan fingerprint density at radius 1 is 1.33 bits per heavy atom. The summed E-state index contributed by atoms with van der Waals surface area (Å²) in [7, 11) is 1.92. The molecule has 0 amide bonds. The maximum Gasteiger partial charge on any atom is 0.136 e. The summed E-state index contributed by atoms with van der Waals surface area (Å²) in [5.74, 6) is 0. The summed E-state index contributed by atoms with van der Waals surface area (Å²) in [6.45, 7) is 0. The molecule has 4 heteroatoms. The van der Waals surface area contributed by atoms with Crippen LogP contribution in [-0.4, -0.2) is 18.2 Å². The Kier molecular flexibility index (Phi) is 3.09. The molecule has 0 bridgehead atoms. The minimum Gasteiger partial charge on any atom is -0.269 e. The lowest BCUT2D eigenvalue weighted by Gasteiger charge is -2.11. The number of anilines is 1. The first-order valence-corrected chi connectivity index (χ1v) is 5.46. The van der Waals surface area contributed by atoms with Crippen molar-refractivity contribution < 1.29 is 0 Å². The van der Waals surface area contributed by atoms with Crippen LogP contribution in [0.25, 0.3) is 0 Å². The first kappa shape index (κ1) is 9.86. The molecule has 1 heterocycles. The summed E-state index contributed by atoms with van der Waals surface area (Å²) in [4.78, 5) is 4.12. The second kappa shape index (κ2) is 4.70. The lowest BCUT2D eigenvalue weighted by molar-refractivity contribution is 1.02. The van der Waals surface area contributed by atoms with Crippen molar-refractivity contribution >= 4 is 23.2 Å². The summed E-state index contributed by atoms with van der Waals surface area (Å²) >= 11 is 1.57. The Morgan fingerprint density at radius 3 is 2.80 bits per heavy atom. The molecule has 0 aliphatic rings. The van der Waals surface area contributed by atoms with Crippen molar-refractivity contribution in [2.75, 3.05) is 12.1 Å². The molecule has 3 nitrogen and oxygen atoms in total. The van der Waals surface area contributed by atoms with Crippen LogP contribution in [0.15, 0.2) is 47.0 Å². The van der Waals surface area contributed by atoms with Gasteiger partial charge in [-0.2, -0.15) is 5.10 Å². The highest BCUT2D eigenvalue weighted by atomic mass is 32.1. The van der Waals surface area contributed by atoms with Crippen LogP contribution < -0.4 is 5.01 Å². The number of thiazole rings is 1. The van der Waals surface area contributed by atoms with E-state index in [1.54, 1.807) is 23.7 Å². The van der Waals surface area contributed by atoms with E-state index in [1.807, 2.05) is 47.8 Å². The summed E-state index contributed by atoms with van der Waals surface area (Å²) in [5, 5.41) is 8.96. The number of hydrogen-bond acceptors (Lipinski definition) is 4. The zero-order chi connectivity index (χ0) is 10.5. The molecule has 0 aliphatic carbocycles. The van der Waals surface area contributed by atoms with Gasteiger partial charge in [-0.1, -0.05) is 18.2 Å². The van der Waals surface area contributed by atoms with Gasteiger partial charge in [0.2, 0.25) is 0 Å². The van der Waals surface area contributed by atoms with E-state index in [0.29, 0.717) is 0 Å². The van der Waals surface area contributed by atoms with Crippen LogP contribution >= 0.6 is 11.3 Å². The summed E-state index contributed by atoms with van der Waals surface area (Å²) < 4.78 is 0. The average molecular weight is 217 g/mol. The smallest absolute Gasteiger partial charge is 0.136 e. The van der Waals surface area contributed by atoms with E-state index in [0.717, 1.165) is 10.7 Å². The number of nitrogens with zero attached hydrogens (tertiary/aromatic N) is 3. The van der Waals surface area contributed by atoms with Gasteiger partial charge < -0.3 is 0 Å². The molecular formula is C11H11N3S. The van der Waals surface area contributed by atoms with Gasteiger partial charge in [0.15, 0.2) is 0 Å². The normalized spacial score (nSPS) is 10.7. The highest BCUT2D eigenvalue weighted by molar-refractivity contribution is 7.11. The van der Waals surface area contributed by atoms with E-state index in [1.165, 1.54) is 0 Å². The molecule has 2 rings (SSSR count). The van der Waals surface area contributed by atoms with Crippen LogP contribution in [0, 0.1) is 0 Å². The van der Waals surface area contributed by atoms with Crippen molar-refractivity contribution in [3.8, 4) is 0 Å². The van der Waals surface area contributed by atoms with Crippen LogP contribution in [0.1, 0.15) is 5.01 Å². The molecule has 0 fully saturated rings. The second-order valence-corrected chi connectivity index (χ2v) is 3.90. The van der Waals surface area contributed by atoms with Crippen LogP contribution in [-0.2, 0) is 0 Å². The van der Waals surface area contributed by atoms with Gasteiger partial charge in [-0.3, -0.25) is 5.01 Å². The van der Waals surface area contributed by atoms with E-state index in [-0.39, 0.29) is 0 Å². The molecule has 0 saturated carbocycles. The first-order chi connectivity index (χ1) is 7.36. The molecular weight excluding hydrogens is 206 g/mol. The third kappa shape index (κ3) is 2.63. The number of benzene rings is 1. The van der Waals surface area contributed by atoms with Crippen molar-refractivity contribution in [2.24, 2.45) is 5.10 Å². The van der Waals surface area contributed by atoms with Gasteiger partial charge in [0.1, 0.15) is 5.01 Å². The highest BCUT2D eigenvalue weighted by Crippen LogP contribution is 2.11. The van der Waals surface area contributed by atoms with E-state index in [9.17, 15) is 0 Å². The Labute approximate surface area is 92.7 Å². The lowest BCUT2D eigenvalue weighted by Crippen LogP contribution is -2.08. The molecule has 76 valence electrons. The molecule has 0 aliphatic heterocycles. The van der Waals surface area contributed by atoms with E-state index in [4.69, 9.17) is 0 Å². The van der Waals surface area contributed by atoms with Crippen molar-refractivity contribution in [3.63, 3.8) is 0 Å². The standard InChI is InChI=1S/C11H11N3S/c1-14(10-5-3-2-4-6-10)13-9-11-12-7-8-15-11/h2-9H,1H3/b13-9+. The number of rotatable bonds is 3. The quantitative estimate of drug-likeness (QED) is 0.584. The molecule has 0 spiro atoms. The Bertz CT molecular complexity index is 422. The predicted octanol–water partition coefficient (Wildman–Crippen LogP) is 2.61. The van der Waals surface area contributed by atoms with Crippen molar-refractivity contribution in [1.82, 2.24) is 4.98 Å². The zero-order valence-electron chi connectivity index (χ0n) is 8.37. The molecule has 0 saturated heterocycles. The lowest BCUT2D eigenvalue weighted by atomic mass is 10.3. The number of aromatic nitrogens is 1. The van der Waals surface area contributed by atoms with E-state index < -0.39 is 0 Å². The van der Waals surface area contributed by atoms with Crippen LogP contribution in [0.2, 0.25) is 0 Å².